The normalized spacial score (nSPS) is 12.6. The number of hydrogen-bond donors (Lipinski definition) is 1. The van der Waals surface area contributed by atoms with Gasteiger partial charge in [0.1, 0.15) is 12.8 Å². The van der Waals surface area contributed by atoms with Crippen molar-refractivity contribution in [3.05, 3.63) is 77.0 Å². The van der Waals surface area contributed by atoms with Crippen LogP contribution in [-0.2, 0) is 13.1 Å². The number of para-hydroxylation sites is 1. The zero-order valence-corrected chi connectivity index (χ0v) is 16.9. The number of rotatable bonds is 7. The second-order valence-corrected chi connectivity index (χ2v) is 6.70. The van der Waals surface area contributed by atoms with Crippen molar-refractivity contribution in [3.63, 3.8) is 0 Å². The molecule has 2 aromatic carbocycles. The summed E-state index contributed by atoms with van der Waals surface area (Å²) in [6.45, 7) is 0.0170. The molecular weight excluding hydrogens is 402 g/mol. The standard InChI is InChI=1S/C22H19N3O6/c1-29-17-9-5-6-13(19(17)30-2)10-23-20(26)16-12-31-18(24-16)11-25-21(27)14-7-3-4-8-15(14)22(25)28/h3-9,12H,10-11H2,1-2H3,(H,23,26). The molecule has 0 saturated carbocycles. The van der Waals surface area contributed by atoms with Gasteiger partial charge in [-0.2, -0.15) is 0 Å². The first-order chi connectivity index (χ1) is 15.0. The first-order valence-electron chi connectivity index (χ1n) is 9.41. The topological polar surface area (TPSA) is 111 Å². The summed E-state index contributed by atoms with van der Waals surface area (Å²) in [5, 5.41) is 2.74. The Morgan fingerprint density at radius 1 is 1.03 bits per heavy atom. The Morgan fingerprint density at radius 3 is 2.39 bits per heavy atom. The van der Waals surface area contributed by atoms with Crippen LogP contribution in [0.25, 0.3) is 0 Å². The molecule has 0 radical (unpaired) electrons. The zero-order chi connectivity index (χ0) is 22.0. The first kappa shape index (κ1) is 20.1. The molecule has 31 heavy (non-hydrogen) atoms. The lowest BCUT2D eigenvalue weighted by molar-refractivity contribution is 0.0628. The predicted octanol–water partition coefficient (Wildman–Crippen LogP) is 2.42. The highest BCUT2D eigenvalue weighted by molar-refractivity contribution is 6.21. The summed E-state index contributed by atoms with van der Waals surface area (Å²) in [6.07, 6.45) is 1.19. The number of nitrogens with one attached hydrogen (secondary N) is 1. The minimum atomic E-state index is -0.470. The lowest BCUT2D eigenvalue weighted by Crippen LogP contribution is -2.29. The predicted molar refractivity (Wildman–Crippen MR) is 108 cm³/mol. The zero-order valence-electron chi connectivity index (χ0n) is 16.9. The van der Waals surface area contributed by atoms with Crippen LogP contribution in [0.1, 0.15) is 42.7 Å². The van der Waals surface area contributed by atoms with Gasteiger partial charge in [0.05, 0.1) is 25.3 Å². The van der Waals surface area contributed by atoms with Crippen LogP contribution >= 0.6 is 0 Å². The summed E-state index contributed by atoms with van der Waals surface area (Å²) in [6, 6.07) is 11.9. The molecule has 0 unspecified atom stereocenters. The molecule has 0 saturated heterocycles. The second-order valence-electron chi connectivity index (χ2n) is 6.70. The molecule has 3 amide bonds. The van der Waals surface area contributed by atoms with Crippen LogP contribution in [-0.4, -0.2) is 41.8 Å². The van der Waals surface area contributed by atoms with Gasteiger partial charge in [-0.25, -0.2) is 4.98 Å². The Morgan fingerprint density at radius 2 is 1.74 bits per heavy atom. The van der Waals surface area contributed by atoms with Crippen molar-refractivity contribution in [1.82, 2.24) is 15.2 Å². The molecule has 1 aliphatic heterocycles. The van der Waals surface area contributed by atoms with Gasteiger partial charge in [0.2, 0.25) is 5.89 Å². The van der Waals surface area contributed by atoms with Crippen molar-refractivity contribution in [2.75, 3.05) is 14.2 Å². The third kappa shape index (κ3) is 3.73. The van der Waals surface area contributed by atoms with E-state index in [-0.39, 0.29) is 24.7 Å². The van der Waals surface area contributed by atoms with Crippen LogP contribution in [0.4, 0.5) is 0 Å². The number of hydrogen-bond acceptors (Lipinski definition) is 7. The van der Waals surface area contributed by atoms with Crippen molar-refractivity contribution in [2.24, 2.45) is 0 Å². The van der Waals surface area contributed by atoms with Crippen molar-refractivity contribution in [1.29, 1.82) is 0 Å². The van der Waals surface area contributed by atoms with E-state index >= 15 is 0 Å². The average Bonchev–Trinajstić information content (AvgIpc) is 3.36. The van der Waals surface area contributed by atoms with Crippen LogP contribution in [0.5, 0.6) is 11.5 Å². The van der Waals surface area contributed by atoms with E-state index in [2.05, 4.69) is 10.3 Å². The van der Waals surface area contributed by atoms with Gasteiger partial charge in [-0.15, -0.1) is 0 Å². The molecule has 2 heterocycles. The van der Waals surface area contributed by atoms with E-state index < -0.39 is 17.7 Å². The van der Waals surface area contributed by atoms with Gasteiger partial charge in [0.15, 0.2) is 17.2 Å². The summed E-state index contributed by atoms with van der Waals surface area (Å²) in [7, 11) is 3.05. The lowest BCUT2D eigenvalue weighted by Gasteiger charge is -2.12. The summed E-state index contributed by atoms with van der Waals surface area (Å²) in [4.78, 5) is 42.5. The van der Waals surface area contributed by atoms with E-state index in [4.69, 9.17) is 13.9 Å². The molecule has 9 nitrogen and oxygen atoms in total. The summed E-state index contributed by atoms with van der Waals surface area (Å²) in [5.41, 5.74) is 1.44. The Labute approximate surface area is 177 Å². The summed E-state index contributed by atoms with van der Waals surface area (Å²) in [5.74, 6) is -0.152. The maximum atomic E-state index is 12.5. The maximum Gasteiger partial charge on any atom is 0.273 e. The first-order valence-corrected chi connectivity index (χ1v) is 9.41. The largest absolute Gasteiger partial charge is 0.493 e. The molecular formula is C22H19N3O6. The molecule has 1 N–H and O–H groups in total. The molecule has 3 aromatic rings. The minimum Gasteiger partial charge on any atom is -0.493 e. The number of carbonyl (C=O) groups excluding carboxylic acids is 3. The number of oxazole rings is 1. The van der Waals surface area contributed by atoms with Crippen LogP contribution in [0.15, 0.2) is 53.1 Å². The van der Waals surface area contributed by atoms with Crippen LogP contribution in [0.2, 0.25) is 0 Å². The van der Waals surface area contributed by atoms with Crippen molar-refractivity contribution < 1.29 is 28.3 Å². The molecule has 4 rings (SSSR count). The van der Waals surface area contributed by atoms with E-state index in [1.54, 1.807) is 42.5 Å². The SMILES string of the molecule is COc1cccc(CNC(=O)c2coc(CN3C(=O)c4ccccc4C3=O)n2)c1OC. The Kier molecular flexibility index (Phi) is 5.40. The number of aromatic nitrogens is 1. The molecule has 1 aliphatic rings. The number of fused-ring (bicyclic) bond motifs is 1. The Hall–Kier alpha value is -4.14. The van der Waals surface area contributed by atoms with Gasteiger partial charge in [0, 0.05) is 12.1 Å². The highest BCUT2D eigenvalue weighted by Crippen LogP contribution is 2.30. The van der Waals surface area contributed by atoms with Crippen LogP contribution < -0.4 is 14.8 Å². The van der Waals surface area contributed by atoms with E-state index in [1.165, 1.54) is 20.5 Å². The van der Waals surface area contributed by atoms with Gasteiger partial charge in [-0.3, -0.25) is 19.3 Å². The highest BCUT2D eigenvalue weighted by atomic mass is 16.5. The minimum absolute atomic E-state index is 0.0356. The van der Waals surface area contributed by atoms with Gasteiger partial charge < -0.3 is 19.2 Å². The van der Waals surface area contributed by atoms with Crippen LogP contribution in [0.3, 0.4) is 0 Å². The van der Waals surface area contributed by atoms with Gasteiger partial charge in [-0.05, 0) is 18.2 Å². The number of imide groups is 1. The lowest BCUT2D eigenvalue weighted by atomic mass is 10.1. The van der Waals surface area contributed by atoms with E-state index in [0.717, 1.165) is 10.5 Å². The molecule has 0 fully saturated rings. The quantitative estimate of drug-likeness (QED) is 0.583. The Bertz CT molecular complexity index is 1130. The number of carbonyl (C=O) groups is 3. The molecule has 0 bridgehead atoms. The summed E-state index contributed by atoms with van der Waals surface area (Å²) >= 11 is 0. The highest BCUT2D eigenvalue weighted by Gasteiger charge is 2.36. The fourth-order valence-electron chi connectivity index (χ4n) is 3.36. The summed E-state index contributed by atoms with van der Waals surface area (Å²) < 4.78 is 15.9. The number of methoxy groups -OCH3 is 2. The molecule has 0 spiro atoms. The average molecular weight is 421 g/mol. The third-order valence-corrected chi connectivity index (χ3v) is 4.88. The number of amides is 3. The third-order valence-electron chi connectivity index (χ3n) is 4.88. The van der Waals surface area contributed by atoms with Gasteiger partial charge in [0.25, 0.3) is 17.7 Å². The van der Waals surface area contributed by atoms with E-state index in [0.29, 0.717) is 22.6 Å². The van der Waals surface area contributed by atoms with Crippen LogP contribution in [0, 0.1) is 0 Å². The smallest absolute Gasteiger partial charge is 0.273 e. The molecule has 0 atom stereocenters. The molecule has 9 heteroatoms. The maximum absolute atomic E-state index is 12.5. The molecule has 0 aliphatic carbocycles. The second kappa shape index (κ2) is 8.31. The van der Waals surface area contributed by atoms with Crippen molar-refractivity contribution in [2.45, 2.75) is 13.1 Å². The van der Waals surface area contributed by atoms with Gasteiger partial charge in [-0.1, -0.05) is 24.3 Å². The van der Waals surface area contributed by atoms with E-state index in [1.807, 2.05) is 0 Å². The fourth-order valence-corrected chi connectivity index (χ4v) is 3.36. The monoisotopic (exact) mass is 421 g/mol. The van der Waals surface area contributed by atoms with Crippen molar-refractivity contribution in [3.8, 4) is 11.5 Å². The molecule has 1 aromatic heterocycles. The van der Waals surface area contributed by atoms with E-state index in [9.17, 15) is 14.4 Å². The number of nitrogens with zero attached hydrogens (tertiary/aromatic N) is 2. The van der Waals surface area contributed by atoms with Crippen molar-refractivity contribution >= 4 is 17.7 Å². The Balaban J connectivity index is 1.42. The molecule has 158 valence electrons. The number of ether oxygens (including phenoxy) is 2. The number of benzene rings is 2. The fraction of sp³-hybridized carbons (Fsp3) is 0.182. The van der Waals surface area contributed by atoms with Gasteiger partial charge >= 0.3 is 0 Å².